The van der Waals surface area contributed by atoms with E-state index in [0.717, 1.165) is 44.5 Å². The standard InChI is InChI=1S/C24H21N7/c1-31-12-18(24-29-19-8-6-16(23(27)28)11-20(19)30-24)17-10-15(7-9-21(17)31)13-2-4-14(5-3-13)22(25)26/h2-12H,1H3,(H3,25,26)(H3,27,28)(H,29,30). The molecule has 7 N–H and O–H groups in total. The van der Waals surface area contributed by atoms with Crippen molar-refractivity contribution in [3.05, 3.63) is 78.0 Å². The molecule has 7 heteroatoms. The second-order valence-corrected chi connectivity index (χ2v) is 7.61. The van der Waals surface area contributed by atoms with E-state index in [1.165, 1.54) is 0 Å². The van der Waals surface area contributed by atoms with Crippen molar-refractivity contribution in [3.63, 3.8) is 0 Å². The van der Waals surface area contributed by atoms with Gasteiger partial charge in [0.25, 0.3) is 0 Å². The van der Waals surface area contributed by atoms with Crippen LogP contribution in [0.15, 0.2) is 66.9 Å². The van der Waals surface area contributed by atoms with Crippen molar-refractivity contribution in [2.45, 2.75) is 0 Å². The van der Waals surface area contributed by atoms with Gasteiger partial charge in [-0.15, -0.1) is 0 Å². The molecule has 0 saturated heterocycles. The van der Waals surface area contributed by atoms with Gasteiger partial charge in [0.15, 0.2) is 0 Å². The highest BCUT2D eigenvalue weighted by molar-refractivity contribution is 6.01. The fourth-order valence-electron chi connectivity index (χ4n) is 3.91. The summed E-state index contributed by atoms with van der Waals surface area (Å²) in [5, 5.41) is 16.3. The Kier molecular flexibility index (Phi) is 4.11. The van der Waals surface area contributed by atoms with Crippen LogP contribution in [0.5, 0.6) is 0 Å². The zero-order chi connectivity index (χ0) is 21.7. The van der Waals surface area contributed by atoms with Crippen molar-refractivity contribution in [3.8, 4) is 22.5 Å². The van der Waals surface area contributed by atoms with Gasteiger partial charge in [-0.3, -0.25) is 10.8 Å². The lowest BCUT2D eigenvalue weighted by molar-refractivity contribution is 0.969. The second kappa shape index (κ2) is 6.84. The molecule has 152 valence electrons. The Balaban J connectivity index is 1.64. The van der Waals surface area contributed by atoms with Gasteiger partial charge in [-0.1, -0.05) is 30.3 Å². The summed E-state index contributed by atoms with van der Waals surface area (Å²) in [5.41, 5.74) is 18.5. The Hall–Kier alpha value is -4.39. The van der Waals surface area contributed by atoms with Gasteiger partial charge in [0, 0.05) is 40.8 Å². The van der Waals surface area contributed by atoms with E-state index in [9.17, 15) is 0 Å². The minimum atomic E-state index is 0.0312. The second-order valence-electron chi connectivity index (χ2n) is 7.61. The third-order valence-electron chi connectivity index (χ3n) is 5.57. The third-order valence-corrected chi connectivity index (χ3v) is 5.57. The summed E-state index contributed by atoms with van der Waals surface area (Å²) < 4.78 is 2.08. The van der Waals surface area contributed by atoms with Gasteiger partial charge in [0.05, 0.1) is 11.0 Å². The van der Waals surface area contributed by atoms with E-state index in [1.807, 2.05) is 43.4 Å². The number of H-pyrrole nitrogens is 1. The van der Waals surface area contributed by atoms with E-state index < -0.39 is 0 Å². The first-order chi connectivity index (χ1) is 14.9. The maximum atomic E-state index is 7.66. The highest BCUT2D eigenvalue weighted by Crippen LogP contribution is 2.33. The van der Waals surface area contributed by atoms with Crippen LogP contribution in [0.2, 0.25) is 0 Å². The number of fused-ring (bicyclic) bond motifs is 2. The SMILES string of the molecule is Cn1cc(-c2nc3ccc(C(=N)N)cc3[nH]2)c2cc(-c3ccc(C(=N)N)cc3)ccc21. The maximum absolute atomic E-state index is 7.66. The summed E-state index contributed by atoms with van der Waals surface area (Å²) in [6, 6.07) is 19.6. The predicted octanol–water partition coefficient (Wildman–Crippen LogP) is 3.96. The molecule has 3 aromatic carbocycles. The molecule has 7 nitrogen and oxygen atoms in total. The summed E-state index contributed by atoms with van der Waals surface area (Å²) >= 11 is 0. The number of nitrogens with two attached hydrogens (primary N) is 2. The lowest BCUT2D eigenvalue weighted by atomic mass is 10.0. The van der Waals surface area contributed by atoms with Gasteiger partial charge in [-0.25, -0.2) is 4.98 Å². The molecule has 0 unspecified atom stereocenters. The predicted molar refractivity (Wildman–Crippen MR) is 125 cm³/mol. The van der Waals surface area contributed by atoms with Crippen LogP contribution in [-0.4, -0.2) is 26.2 Å². The maximum Gasteiger partial charge on any atom is 0.140 e. The van der Waals surface area contributed by atoms with E-state index in [2.05, 4.69) is 33.9 Å². The number of nitrogens with zero attached hydrogens (tertiary/aromatic N) is 2. The van der Waals surface area contributed by atoms with E-state index in [1.54, 1.807) is 6.07 Å². The van der Waals surface area contributed by atoms with Crippen molar-refractivity contribution in [2.75, 3.05) is 0 Å². The van der Waals surface area contributed by atoms with Crippen molar-refractivity contribution >= 4 is 33.6 Å². The van der Waals surface area contributed by atoms with E-state index in [-0.39, 0.29) is 11.7 Å². The molecule has 0 spiro atoms. The number of nitrogens with one attached hydrogen (secondary N) is 3. The molecule has 2 aromatic heterocycles. The molecular formula is C24H21N7. The molecule has 0 radical (unpaired) electrons. The van der Waals surface area contributed by atoms with Crippen LogP contribution in [0.1, 0.15) is 11.1 Å². The minimum absolute atomic E-state index is 0.0312. The van der Waals surface area contributed by atoms with Gasteiger partial charge < -0.3 is 21.0 Å². The highest BCUT2D eigenvalue weighted by Gasteiger charge is 2.14. The zero-order valence-electron chi connectivity index (χ0n) is 16.9. The molecule has 0 fully saturated rings. The van der Waals surface area contributed by atoms with Crippen molar-refractivity contribution in [1.29, 1.82) is 10.8 Å². The fraction of sp³-hybridized carbons (Fsp3) is 0.0417. The molecular weight excluding hydrogens is 386 g/mol. The van der Waals surface area contributed by atoms with Crippen LogP contribution in [-0.2, 0) is 7.05 Å². The van der Waals surface area contributed by atoms with Crippen molar-refractivity contribution in [1.82, 2.24) is 14.5 Å². The molecule has 0 aliphatic heterocycles. The molecule has 0 aliphatic rings. The van der Waals surface area contributed by atoms with Crippen LogP contribution >= 0.6 is 0 Å². The molecule has 0 amide bonds. The van der Waals surface area contributed by atoms with Crippen LogP contribution in [0.4, 0.5) is 0 Å². The Labute approximate surface area is 178 Å². The van der Waals surface area contributed by atoms with Gasteiger partial charge in [-0.2, -0.15) is 0 Å². The summed E-state index contributed by atoms with van der Waals surface area (Å²) in [6.07, 6.45) is 2.07. The Morgan fingerprint density at radius 1 is 0.871 bits per heavy atom. The number of amidine groups is 2. The number of hydrogen-bond acceptors (Lipinski definition) is 3. The number of aromatic amines is 1. The summed E-state index contributed by atoms with van der Waals surface area (Å²) in [5.74, 6) is 0.860. The first-order valence-corrected chi connectivity index (χ1v) is 9.79. The van der Waals surface area contributed by atoms with Crippen LogP contribution in [0, 0.1) is 10.8 Å². The van der Waals surface area contributed by atoms with Crippen LogP contribution in [0.3, 0.4) is 0 Å². The van der Waals surface area contributed by atoms with Gasteiger partial charge in [0.2, 0.25) is 0 Å². The minimum Gasteiger partial charge on any atom is -0.384 e. The summed E-state index contributed by atoms with van der Waals surface area (Å²) in [7, 11) is 2.02. The lowest BCUT2D eigenvalue weighted by Gasteiger charge is -2.05. The number of rotatable bonds is 4. The number of benzene rings is 3. The number of nitrogen functional groups attached to an aromatic ring is 2. The molecule has 2 heterocycles. The van der Waals surface area contributed by atoms with Gasteiger partial charge in [0.1, 0.15) is 17.5 Å². The van der Waals surface area contributed by atoms with Crippen LogP contribution < -0.4 is 11.5 Å². The Morgan fingerprint density at radius 2 is 1.55 bits per heavy atom. The largest absolute Gasteiger partial charge is 0.384 e. The average molecular weight is 407 g/mol. The topological polar surface area (TPSA) is 133 Å². The summed E-state index contributed by atoms with van der Waals surface area (Å²) in [6.45, 7) is 0. The molecule has 5 rings (SSSR count). The summed E-state index contributed by atoms with van der Waals surface area (Å²) in [4.78, 5) is 8.14. The van der Waals surface area contributed by atoms with Crippen LogP contribution in [0.25, 0.3) is 44.5 Å². The molecule has 0 saturated carbocycles. The monoisotopic (exact) mass is 407 g/mol. The third kappa shape index (κ3) is 3.12. The molecule has 5 aromatic rings. The Morgan fingerprint density at radius 3 is 2.26 bits per heavy atom. The first kappa shape index (κ1) is 18.6. The number of hydrogen-bond donors (Lipinski definition) is 5. The molecule has 0 bridgehead atoms. The number of aromatic nitrogens is 3. The highest BCUT2D eigenvalue weighted by atomic mass is 15.0. The Bertz CT molecular complexity index is 1490. The number of aryl methyl sites for hydroxylation is 1. The first-order valence-electron chi connectivity index (χ1n) is 9.79. The zero-order valence-corrected chi connectivity index (χ0v) is 16.9. The smallest absolute Gasteiger partial charge is 0.140 e. The van der Waals surface area contributed by atoms with E-state index in [4.69, 9.17) is 27.3 Å². The molecule has 0 atom stereocenters. The van der Waals surface area contributed by atoms with Gasteiger partial charge >= 0.3 is 0 Å². The van der Waals surface area contributed by atoms with Crippen molar-refractivity contribution < 1.29 is 0 Å². The van der Waals surface area contributed by atoms with E-state index in [0.29, 0.717) is 11.1 Å². The fourth-order valence-corrected chi connectivity index (χ4v) is 3.91. The van der Waals surface area contributed by atoms with E-state index >= 15 is 0 Å². The quantitative estimate of drug-likeness (QED) is 0.228. The van der Waals surface area contributed by atoms with Crippen molar-refractivity contribution in [2.24, 2.45) is 18.5 Å². The molecule has 31 heavy (non-hydrogen) atoms. The lowest BCUT2D eigenvalue weighted by Crippen LogP contribution is -2.10. The average Bonchev–Trinajstić information content (AvgIpc) is 3.33. The number of imidazole rings is 1. The van der Waals surface area contributed by atoms with Gasteiger partial charge in [-0.05, 0) is 41.5 Å². The molecule has 0 aliphatic carbocycles. The normalized spacial score (nSPS) is 11.3.